The Bertz CT molecular complexity index is 1600. The molecule has 14 heteroatoms. The van der Waals surface area contributed by atoms with Crippen LogP contribution < -0.4 is 5.32 Å². The number of nitrogens with one attached hydrogen (secondary N) is 1. The molecule has 218 valence electrons. The summed E-state index contributed by atoms with van der Waals surface area (Å²) < 4.78 is 60.7. The van der Waals surface area contributed by atoms with Crippen LogP contribution in [0, 0.1) is 23.3 Å². The Morgan fingerprint density at radius 2 is 1.71 bits per heavy atom. The van der Waals surface area contributed by atoms with Gasteiger partial charge < -0.3 is 15.2 Å². The summed E-state index contributed by atoms with van der Waals surface area (Å²) in [5, 5.41) is 10.5. The maximum atomic E-state index is 14.5. The largest absolute Gasteiger partial charge is 0.478 e. The van der Waals surface area contributed by atoms with Crippen LogP contribution in [0.5, 0.6) is 0 Å². The van der Waals surface area contributed by atoms with E-state index in [1.165, 1.54) is 48.5 Å². The quantitative estimate of drug-likeness (QED) is 0.148. The Kier molecular flexibility index (Phi) is 9.25. The number of carbonyl (C=O) groups is 4. The molecule has 0 aliphatic carbocycles. The van der Waals surface area contributed by atoms with Crippen LogP contribution >= 0.6 is 11.8 Å². The molecular weight excluding hydrogens is 582 g/mol. The van der Waals surface area contributed by atoms with E-state index >= 15 is 0 Å². The van der Waals surface area contributed by atoms with Crippen molar-refractivity contribution in [1.82, 2.24) is 4.90 Å². The summed E-state index contributed by atoms with van der Waals surface area (Å²) in [6, 6.07) is 11.6. The number of rotatable bonds is 9. The number of carboxylic acid groups (broad SMARTS) is 1. The zero-order chi connectivity index (χ0) is 30.6. The van der Waals surface area contributed by atoms with E-state index < -0.39 is 70.8 Å². The fourth-order valence-electron chi connectivity index (χ4n) is 3.89. The lowest BCUT2D eigenvalue weighted by Crippen LogP contribution is -2.33. The molecule has 0 radical (unpaired) electrons. The highest BCUT2D eigenvalue weighted by Crippen LogP contribution is 2.34. The van der Waals surface area contributed by atoms with Crippen molar-refractivity contribution in [2.24, 2.45) is 4.99 Å². The molecule has 0 spiro atoms. The lowest BCUT2D eigenvalue weighted by Gasteiger charge is -2.17. The molecular formula is C28H21F4N3O6S. The molecule has 3 aromatic rings. The van der Waals surface area contributed by atoms with E-state index in [1.54, 1.807) is 6.92 Å². The van der Waals surface area contributed by atoms with Crippen LogP contribution in [0.25, 0.3) is 0 Å². The number of carbonyl (C=O) groups excluding carboxylic acids is 3. The normalized spacial score (nSPS) is 15.6. The number of hydrogen-bond acceptors (Lipinski definition) is 7. The van der Waals surface area contributed by atoms with Crippen molar-refractivity contribution >= 4 is 52.1 Å². The van der Waals surface area contributed by atoms with Gasteiger partial charge in [0, 0.05) is 17.7 Å². The standard InChI is InChI=1S/C28H21F4N3O6S/c1-2-41-27(40)14-6-8-17(9-7-14)34-28-35(13-16-11-19(29)23(31)24(32)22(16)30)25(37)20(42-28)12-21(36)33-18-5-3-4-15(10-18)26(38)39/h3-11,20H,2,12-13H2,1H3,(H,33,36)(H,38,39)/t20-/m0/s1. The average Bonchev–Trinajstić information content (AvgIpc) is 3.23. The van der Waals surface area contributed by atoms with Gasteiger partial charge in [0.25, 0.3) is 0 Å². The van der Waals surface area contributed by atoms with E-state index in [0.29, 0.717) is 6.07 Å². The van der Waals surface area contributed by atoms with E-state index in [1.807, 2.05) is 0 Å². The number of thioether (sulfide) groups is 1. The smallest absolute Gasteiger partial charge is 0.338 e. The van der Waals surface area contributed by atoms with Gasteiger partial charge in [-0.05, 0) is 55.5 Å². The van der Waals surface area contributed by atoms with Crippen LogP contribution in [0.1, 0.15) is 39.6 Å². The number of anilines is 1. The Morgan fingerprint density at radius 1 is 1.00 bits per heavy atom. The first-order chi connectivity index (χ1) is 20.0. The van der Waals surface area contributed by atoms with E-state index in [4.69, 9.17) is 9.84 Å². The molecule has 0 bridgehead atoms. The van der Waals surface area contributed by atoms with Crippen molar-refractivity contribution in [3.63, 3.8) is 0 Å². The maximum absolute atomic E-state index is 14.5. The average molecular weight is 604 g/mol. The summed E-state index contributed by atoms with van der Waals surface area (Å²) in [7, 11) is 0. The highest BCUT2D eigenvalue weighted by molar-refractivity contribution is 8.15. The van der Waals surface area contributed by atoms with Crippen LogP contribution in [0.2, 0.25) is 0 Å². The number of amides is 2. The first-order valence-corrected chi connectivity index (χ1v) is 13.2. The third-order valence-corrected chi connectivity index (χ3v) is 7.07. The first kappa shape index (κ1) is 30.2. The number of hydrogen-bond donors (Lipinski definition) is 2. The van der Waals surface area contributed by atoms with Crippen molar-refractivity contribution < 1.29 is 46.6 Å². The predicted octanol–water partition coefficient (Wildman–Crippen LogP) is 5.28. The lowest BCUT2D eigenvalue weighted by atomic mass is 10.1. The van der Waals surface area contributed by atoms with Crippen molar-refractivity contribution in [1.29, 1.82) is 0 Å². The molecule has 2 N–H and O–H groups in total. The van der Waals surface area contributed by atoms with Gasteiger partial charge >= 0.3 is 11.9 Å². The number of esters is 1. The number of ether oxygens (including phenoxy) is 1. The summed E-state index contributed by atoms with van der Waals surface area (Å²) in [4.78, 5) is 54.4. The topological polar surface area (TPSA) is 125 Å². The van der Waals surface area contributed by atoms with Crippen LogP contribution in [0.15, 0.2) is 59.6 Å². The minimum Gasteiger partial charge on any atom is -0.478 e. The monoisotopic (exact) mass is 603 g/mol. The number of benzene rings is 3. The third-order valence-electron chi connectivity index (χ3n) is 5.89. The zero-order valence-electron chi connectivity index (χ0n) is 21.7. The molecule has 42 heavy (non-hydrogen) atoms. The Balaban J connectivity index is 1.61. The molecule has 3 aromatic carbocycles. The number of aliphatic imine (C=N–C) groups is 1. The van der Waals surface area contributed by atoms with Gasteiger partial charge in [-0.25, -0.2) is 32.1 Å². The highest BCUT2D eigenvalue weighted by atomic mass is 32.2. The van der Waals surface area contributed by atoms with Gasteiger partial charge in [-0.3, -0.25) is 14.5 Å². The first-order valence-electron chi connectivity index (χ1n) is 12.3. The fourth-order valence-corrected chi connectivity index (χ4v) is 5.04. The summed E-state index contributed by atoms with van der Waals surface area (Å²) in [6.07, 6.45) is -0.424. The molecule has 1 saturated heterocycles. The Labute approximate surface area is 240 Å². The molecule has 1 atom stereocenters. The Morgan fingerprint density at radius 3 is 2.38 bits per heavy atom. The van der Waals surface area contributed by atoms with Crippen molar-refractivity contribution in [3.05, 3.63) is 94.6 Å². The molecule has 4 rings (SSSR count). The van der Waals surface area contributed by atoms with E-state index in [2.05, 4.69) is 10.3 Å². The minimum absolute atomic E-state index is 0.0564. The van der Waals surface area contributed by atoms with Crippen LogP contribution in [-0.4, -0.2) is 50.8 Å². The SMILES string of the molecule is CCOC(=O)c1ccc(N=C2S[C@@H](CC(=O)Nc3cccc(C(=O)O)c3)C(=O)N2Cc2cc(F)c(F)c(F)c2F)cc1. The molecule has 1 fully saturated rings. The molecule has 1 aliphatic rings. The van der Waals surface area contributed by atoms with E-state index in [9.17, 15) is 36.7 Å². The second-order valence-electron chi connectivity index (χ2n) is 8.79. The van der Waals surface area contributed by atoms with Crippen molar-refractivity contribution in [3.8, 4) is 0 Å². The molecule has 2 amide bonds. The van der Waals surface area contributed by atoms with Crippen LogP contribution in [-0.2, 0) is 20.9 Å². The van der Waals surface area contributed by atoms with Gasteiger partial charge in [-0.1, -0.05) is 17.8 Å². The summed E-state index contributed by atoms with van der Waals surface area (Å²) in [5.74, 6) is -10.6. The summed E-state index contributed by atoms with van der Waals surface area (Å²) in [6.45, 7) is 1.08. The molecule has 9 nitrogen and oxygen atoms in total. The number of aromatic carboxylic acids is 1. The van der Waals surface area contributed by atoms with Gasteiger partial charge in [0.15, 0.2) is 28.4 Å². The fraction of sp³-hybridized carbons (Fsp3) is 0.179. The van der Waals surface area contributed by atoms with E-state index in [0.717, 1.165) is 16.7 Å². The second kappa shape index (κ2) is 12.9. The summed E-state index contributed by atoms with van der Waals surface area (Å²) >= 11 is 0.820. The minimum atomic E-state index is -2.04. The number of nitrogens with zero attached hydrogens (tertiary/aromatic N) is 2. The molecule has 1 heterocycles. The van der Waals surface area contributed by atoms with Crippen LogP contribution in [0.4, 0.5) is 28.9 Å². The molecule has 0 aromatic heterocycles. The van der Waals surface area contributed by atoms with Crippen LogP contribution in [0.3, 0.4) is 0 Å². The maximum Gasteiger partial charge on any atom is 0.338 e. The van der Waals surface area contributed by atoms with Gasteiger partial charge in [-0.2, -0.15) is 0 Å². The predicted molar refractivity (Wildman–Crippen MR) is 144 cm³/mol. The number of halogens is 4. The highest BCUT2D eigenvalue weighted by Gasteiger charge is 2.40. The summed E-state index contributed by atoms with van der Waals surface area (Å²) in [5.41, 5.74) is -0.0950. The number of amidine groups is 1. The van der Waals surface area contributed by atoms with E-state index in [-0.39, 0.29) is 34.3 Å². The molecule has 0 saturated carbocycles. The second-order valence-corrected chi connectivity index (χ2v) is 9.96. The van der Waals surface area contributed by atoms with Gasteiger partial charge in [0.05, 0.1) is 30.0 Å². The number of carboxylic acids is 1. The van der Waals surface area contributed by atoms with Crippen molar-refractivity contribution in [2.45, 2.75) is 25.1 Å². The lowest BCUT2D eigenvalue weighted by molar-refractivity contribution is -0.128. The molecule has 1 aliphatic heterocycles. The molecule has 0 unspecified atom stereocenters. The third kappa shape index (κ3) is 6.77. The van der Waals surface area contributed by atoms with Gasteiger partial charge in [-0.15, -0.1) is 0 Å². The van der Waals surface area contributed by atoms with Gasteiger partial charge in [0.2, 0.25) is 11.8 Å². The van der Waals surface area contributed by atoms with Crippen molar-refractivity contribution in [2.75, 3.05) is 11.9 Å². The van der Waals surface area contributed by atoms with Gasteiger partial charge in [0.1, 0.15) is 5.25 Å². The zero-order valence-corrected chi connectivity index (χ0v) is 22.5. The Hall–Kier alpha value is -4.72.